The number of fused-ring (bicyclic) bond motifs is 1. The molecule has 0 unspecified atom stereocenters. The van der Waals surface area contributed by atoms with Crippen LogP contribution < -0.4 is 9.47 Å². The summed E-state index contributed by atoms with van der Waals surface area (Å²) in [4.78, 5) is 16.3. The minimum absolute atomic E-state index is 0.198. The average Bonchev–Trinajstić information content (AvgIpc) is 3.23. The number of allylic oxidation sites excluding steroid dienone is 2. The Morgan fingerprint density at radius 2 is 1.89 bits per heavy atom. The molecule has 0 saturated carbocycles. The molecule has 9 heteroatoms. The van der Waals surface area contributed by atoms with Crippen LogP contribution in [0.2, 0.25) is 0 Å². The Bertz CT molecular complexity index is 1260. The van der Waals surface area contributed by atoms with Crippen LogP contribution >= 0.6 is 0 Å². The number of ether oxygens (including phenoxy) is 3. The van der Waals surface area contributed by atoms with Crippen molar-refractivity contribution in [3.8, 4) is 23.0 Å². The van der Waals surface area contributed by atoms with Gasteiger partial charge < -0.3 is 18.6 Å². The lowest BCUT2D eigenvalue weighted by Gasteiger charge is -2.21. The number of carbonyl (C=O) groups excluding carboxylic acids is 1. The summed E-state index contributed by atoms with van der Waals surface area (Å²) in [6.45, 7) is 4.34. The molecule has 6 nitrogen and oxygen atoms in total. The van der Waals surface area contributed by atoms with Gasteiger partial charge in [0.2, 0.25) is 5.89 Å². The van der Waals surface area contributed by atoms with Gasteiger partial charge >= 0.3 is 12.3 Å². The molecule has 0 N–H and O–H groups in total. The van der Waals surface area contributed by atoms with Crippen LogP contribution in [0.25, 0.3) is 17.0 Å². The molecule has 4 rings (SSSR count). The number of aryl methyl sites for hydroxylation is 1. The lowest BCUT2D eigenvalue weighted by atomic mass is 9.88. The molecular formula is C28H28F3NO5. The Morgan fingerprint density at radius 1 is 1.11 bits per heavy atom. The molecule has 3 aromatic rings. The monoisotopic (exact) mass is 515 g/mol. The highest BCUT2D eigenvalue weighted by Gasteiger charge is 2.31. The lowest BCUT2D eigenvalue weighted by molar-refractivity contribution is -0.274. The summed E-state index contributed by atoms with van der Waals surface area (Å²) in [6.07, 6.45) is 0.634. The van der Waals surface area contributed by atoms with Gasteiger partial charge in [-0.3, -0.25) is 4.79 Å². The van der Waals surface area contributed by atoms with Gasteiger partial charge in [-0.15, -0.1) is 13.2 Å². The molecule has 1 heterocycles. The molecular weight excluding hydrogens is 487 g/mol. The van der Waals surface area contributed by atoms with Crippen molar-refractivity contribution in [2.45, 2.75) is 52.3 Å². The van der Waals surface area contributed by atoms with E-state index in [-0.39, 0.29) is 11.7 Å². The van der Waals surface area contributed by atoms with E-state index < -0.39 is 6.36 Å². The predicted octanol–water partition coefficient (Wildman–Crippen LogP) is 6.84. The van der Waals surface area contributed by atoms with Crippen LogP contribution in [0.4, 0.5) is 13.2 Å². The highest BCUT2D eigenvalue weighted by Crippen LogP contribution is 2.35. The highest BCUT2D eigenvalue weighted by atomic mass is 19.4. The second-order valence-electron chi connectivity index (χ2n) is 8.55. The number of carbonyl (C=O) groups is 1. The second-order valence-corrected chi connectivity index (χ2v) is 8.55. The molecule has 1 aliphatic rings. The SMILES string of the molecule is CCOC(=O)CCC1=CCCc2c(OCCc3nc(-c4ccc(OC(F)(F)F)cc4)oc3C)cccc21. The highest BCUT2D eigenvalue weighted by molar-refractivity contribution is 5.77. The van der Waals surface area contributed by atoms with Crippen LogP contribution in [0.15, 0.2) is 53.0 Å². The summed E-state index contributed by atoms with van der Waals surface area (Å²) >= 11 is 0. The van der Waals surface area contributed by atoms with Crippen LogP contribution in [0.5, 0.6) is 11.5 Å². The number of esters is 1. The average molecular weight is 516 g/mol. The van der Waals surface area contributed by atoms with Gasteiger partial charge in [0.05, 0.1) is 18.9 Å². The molecule has 0 atom stereocenters. The van der Waals surface area contributed by atoms with Gasteiger partial charge in [0, 0.05) is 24.0 Å². The molecule has 0 bridgehead atoms. The van der Waals surface area contributed by atoms with Gasteiger partial charge in [0.25, 0.3) is 0 Å². The summed E-state index contributed by atoms with van der Waals surface area (Å²) in [7, 11) is 0. The van der Waals surface area contributed by atoms with E-state index in [0.717, 1.165) is 35.3 Å². The standard InChI is InChI=1S/C28H28F3NO5/c1-3-34-26(33)15-12-19-6-4-8-23-22(19)7-5-9-25(23)35-17-16-24-18(2)36-27(32-24)20-10-13-21(14-11-20)37-28(29,30)31/h5-7,9-11,13-14H,3-4,8,12,15-17H2,1-2H3. The first-order valence-corrected chi connectivity index (χ1v) is 12.2. The fourth-order valence-electron chi connectivity index (χ4n) is 4.31. The molecule has 2 aromatic carbocycles. The summed E-state index contributed by atoms with van der Waals surface area (Å²) < 4.78 is 58.0. The van der Waals surface area contributed by atoms with Gasteiger partial charge in [-0.25, -0.2) is 4.98 Å². The minimum atomic E-state index is -4.74. The first kappa shape index (κ1) is 26.3. The van der Waals surface area contributed by atoms with Crippen molar-refractivity contribution in [2.75, 3.05) is 13.2 Å². The molecule has 1 aromatic heterocycles. The number of benzene rings is 2. The second kappa shape index (κ2) is 11.5. The zero-order valence-electron chi connectivity index (χ0n) is 20.7. The van der Waals surface area contributed by atoms with E-state index in [4.69, 9.17) is 13.9 Å². The fourth-order valence-corrected chi connectivity index (χ4v) is 4.31. The quantitative estimate of drug-likeness (QED) is 0.275. The third-order valence-electron chi connectivity index (χ3n) is 5.99. The smallest absolute Gasteiger partial charge is 0.493 e. The summed E-state index contributed by atoms with van der Waals surface area (Å²) in [5.74, 6) is 1.24. The third-order valence-corrected chi connectivity index (χ3v) is 5.99. The number of aromatic nitrogens is 1. The number of hydrogen-bond donors (Lipinski definition) is 0. The van der Waals surface area contributed by atoms with E-state index in [0.29, 0.717) is 55.4 Å². The van der Waals surface area contributed by atoms with E-state index in [1.54, 1.807) is 13.8 Å². The summed E-state index contributed by atoms with van der Waals surface area (Å²) in [5, 5.41) is 0. The van der Waals surface area contributed by atoms with Gasteiger partial charge in [-0.1, -0.05) is 18.2 Å². The number of hydrogen-bond acceptors (Lipinski definition) is 6. The number of oxazole rings is 1. The Labute approximate surface area is 213 Å². The van der Waals surface area contributed by atoms with Gasteiger partial charge in [-0.2, -0.15) is 0 Å². The van der Waals surface area contributed by atoms with Crippen LogP contribution in [0.1, 0.15) is 48.8 Å². The molecule has 0 aliphatic heterocycles. The van der Waals surface area contributed by atoms with E-state index in [2.05, 4.69) is 21.9 Å². The van der Waals surface area contributed by atoms with Crippen molar-refractivity contribution < 1.29 is 36.6 Å². The van der Waals surface area contributed by atoms with Crippen molar-refractivity contribution >= 4 is 11.5 Å². The zero-order valence-corrected chi connectivity index (χ0v) is 20.7. The van der Waals surface area contributed by atoms with Crippen molar-refractivity contribution in [1.29, 1.82) is 0 Å². The van der Waals surface area contributed by atoms with Crippen molar-refractivity contribution in [1.82, 2.24) is 4.98 Å². The van der Waals surface area contributed by atoms with Crippen molar-refractivity contribution in [3.05, 3.63) is 71.1 Å². The molecule has 0 saturated heterocycles. The molecule has 0 spiro atoms. The third kappa shape index (κ3) is 6.93. The zero-order chi connectivity index (χ0) is 26.4. The van der Waals surface area contributed by atoms with Crippen molar-refractivity contribution in [2.24, 2.45) is 0 Å². The molecule has 1 aliphatic carbocycles. The van der Waals surface area contributed by atoms with Gasteiger partial charge in [0.1, 0.15) is 17.3 Å². The summed E-state index contributed by atoms with van der Waals surface area (Å²) in [5.41, 5.74) is 4.62. The largest absolute Gasteiger partial charge is 0.573 e. The molecule has 196 valence electrons. The maximum Gasteiger partial charge on any atom is 0.573 e. The lowest BCUT2D eigenvalue weighted by Crippen LogP contribution is -2.16. The fraction of sp³-hybridized carbons (Fsp3) is 0.357. The maximum absolute atomic E-state index is 12.4. The van der Waals surface area contributed by atoms with E-state index in [1.165, 1.54) is 24.3 Å². The minimum Gasteiger partial charge on any atom is -0.493 e. The van der Waals surface area contributed by atoms with E-state index >= 15 is 0 Å². The van der Waals surface area contributed by atoms with E-state index in [1.807, 2.05) is 12.1 Å². The van der Waals surface area contributed by atoms with E-state index in [9.17, 15) is 18.0 Å². The Hall–Kier alpha value is -3.75. The Morgan fingerprint density at radius 3 is 2.62 bits per heavy atom. The normalized spacial score (nSPS) is 13.1. The van der Waals surface area contributed by atoms with Gasteiger partial charge in [0.15, 0.2) is 0 Å². The first-order valence-electron chi connectivity index (χ1n) is 12.2. The van der Waals surface area contributed by atoms with Crippen LogP contribution in [-0.4, -0.2) is 30.5 Å². The number of rotatable bonds is 10. The summed E-state index contributed by atoms with van der Waals surface area (Å²) in [6, 6.07) is 11.3. The number of alkyl halides is 3. The van der Waals surface area contributed by atoms with Crippen LogP contribution in [0.3, 0.4) is 0 Å². The van der Waals surface area contributed by atoms with Crippen LogP contribution in [-0.2, 0) is 22.4 Å². The predicted molar refractivity (Wildman–Crippen MR) is 131 cm³/mol. The molecule has 0 amide bonds. The van der Waals surface area contributed by atoms with Gasteiger partial charge in [-0.05, 0) is 74.6 Å². The molecule has 0 fully saturated rings. The molecule has 0 radical (unpaired) electrons. The number of halogens is 3. The first-order chi connectivity index (χ1) is 17.7. The molecule has 37 heavy (non-hydrogen) atoms. The maximum atomic E-state index is 12.4. The number of nitrogens with zero attached hydrogens (tertiary/aromatic N) is 1. The van der Waals surface area contributed by atoms with Crippen molar-refractivity contribution in [3.63, 3.8) is 0 Å². The van der Waals surface area contributed by atoms with Crippen LogP contribution in [0, 0.1) is 6.92 Å². The Balaban J connectivity index is 1.38. The Kier molecular flexibility index (Phi) is 8.21. The topological polar surface area (TPSA) is 70.8 Å².